The summed E-state index contributed by atoms with van der Waals surface area (Å²) in [6.45, 7) is -0.405. The predicted octanol–water partition coefficient (Wildman–Crippen LogP) is 3.48. The maximum Gasteiger partial charge on any atom is 0.416 e. The van der Waals surface area contributed by atoms with E-state index in [0.717, 1.165) is 12.1 Å². The zero-order valence-corrected chi connectivity index (χ0v) is 16.1. The fourth-order valence-electron chi connectivity index (χ4n) is 2.91. The molecular weight excluding hydrogens is 429 g/mol. The van der Waals surface area contributed by atoms with E-state index in [2.05, 4.69) is 5.32 Å². The second-order valence-corrected chi connectivity index (χ2v) is 7.01. The van der Waals surface area contributed by atoms with E-state index < -0.39 is 36.1 Å². The molecule has 2 heterocycles. The fourth-order valence-corrected chi connectivity index (χ4v) is 3.08. The maximum absolute atomic E-state index is 12.8. The van der Waals surface area contributed by atoms with Crippen LogP contribution in [-0.2, 0) is 31.8 Å². The van der Waals surface area contributed by atoms with E-state index in [9.17, 15) is 27.6 Å². The quantitative estimate of drug-likeness (QED) is 0.689. The molecule has 1 aliphatic rings. The lowest BCUT2D eigenvalue weighted by molar-refractivity contribution is -0.151. The number of hydrogen-bond donors (Lipinski definition) is 1. The van der Waals surface area contributed by atoms with E-state index in [4.69, 9.17) is 20.8 Å². The third-order valence-electron chi connectivity index (χ3n) is 4.39. The molecule has 0 radical (unpaired) electrons. The number of alkyl halides is 3. The van der Waals surface area contributed by atoms with Crippen LogP contribution in [0.3, 0.4) is 0 Å². The Morgan fingerprint density at radius 2 is 2.07 bits per heavy atom. The number of furan rings is 1. The third-order valence-corrected chi connectivity index (χ3v) is 4.72. The summed E-state index contributed by atoms with van der Waals surface area (Å²) in [7, 11) is 0. The van der Waals surface area contributed by atoms with Crippen LogP contribution in [0, 0.1) is 5.92 Å². The van der Waals surface area contributed by atoms with Crippen LogP contribution < -0.4 is 5.32 Å². The average Bonchev–Trinajstić information content (AvgIpc) is 3.31. The summed E-state index contributed by atoms with van der Waals surface area (Å²) in [6.07, 6.45) is -3.20. The normalized spacial score (nSPS) is 16.6. The molecule has 1 saturated heterocycles. The van der Waals surface area contributed by atoms with Crippen LogP contribution >= 0.6 is 11.6 Å². The number of carbonyl (C=O) groups is 3. The van der Waals surface area contributed by atoms with E-state index in [1.165, 1.54) is 11.2 Å². The minimum atomic E-state index is -4.60. The number of nitrogens with one attached hydrogen (secondary N) is 1. The van der Waals surface area contributed by atoms with Gasteiger partial charge in [-0.25, -0.2) is 0 Å². The first-order valence-electron chi connectivity index (χ1n) is 8.77. The molecule has 1 aromatic carbocycles. The summed E-state index contributed by atoms with van der Waals surface area (Å²) >= 11 is 5.81. The molecule has 0 aliphatic carbocycles. The van der Waals surface area contributed by atoms with Crippen molar-refractivity contribution >= 4 is 35.1 Å². The number of amides is 2. The first-order valence-corrected chi connectivity index (χ1v) is 9.14. The molecule has 3 rings (SSSR count). The lowest BCUT2D eigenvalue weighted by Crippen LogP contribution is -2.28. The van der Waals surface area contributed by atoms with Crippen LogP contribution in [0.1, 0.15) is 17.7 Å². The van der Waals surface area contributed by atoms with E-state index in [1.807, 2.05) is 0 Å². The molecule has 0 saturated carbocycles. The number of esters is 1. The number of benzene rings is 1. The highest BCUT2D eigenvalue weighted by atomic mass is 35.5. The van der Waals surface area contributed by atoms with Gasteiger partial charge in [-0.15, -0.1) is 0 Å². The summed E-state index contributed by atoms with van der Waals surface area (Å²) in [6, 6.07) is 5.84. The molecule has 1 atom stereocenters. The smallest absolute Gasteiger partial charge is 0.416 e. The van der Waals surface area contributed by atoms with E-state index in [0.29, 0.717) is 11.8 Å². The van der Waals surface area contributed by atoms with E-state index in [1.54, 1.807) is 12.1 Å². The van der Waals surface area contributed by atoms with Gasteiger partial charge in [0.2, 0.25) is 5.91 Å². The number of halogens is 4. The van der Waals surface area contributed by atoms with Crippen LogP contribution in [0.4, 0.5) is 18.9 Å². The monoisotopic (exact) mass is 444 g/mol. The Balaban J connectivity index is 1.51. The molecule has 7 nitrogen and oxygen atoms in total. The molecule has 0 bridgehead atoms. The van der Waals surface area contributed by atoms with Gasteiger partial charge in [0.15, 0.2) is 6.61 Å². The molecule has 1 aliphatic heterocycles. The van der Waals surface area contributed by atoms with Crippen LogP contribution in [0.25, 0.3) is 0 Å². The summed E-state index contributed by atoms with van der Waals surface area (Å²) in [5, 5.41) is 2.08. The van der Waals surface area contributed by atoms with Gasteiger partial charge in [-0.2, -0.15) is 13.2 Å². The van der Waals surface area contributed by atoms with Crippen LogP contribution in [0.15, 0.2) is 41.0 Å². The van der Waals surface area contributed by atoms with Crippen molar-refractivity contribution in [2.75, 3.05) is 18.5 Å². The van der Waals surface area contributed by atoms with Crippen molar-refractivity contribution in [1.82, 2.24) is 4.90 Å². The van der Waals surface area contributed by atoms with Gasteiger partial charge in [0.1, 0.15) is 5.76 Å². The second-order valence-electron chi connectivity index (χ2n) is 6.60. The van der Waals surface area contributed by atoms with Gasteiger partial charge in [0.05, 0.1) is 35.0 Å². The summed E-state index contributed by atoms with van der Waals surface area (Å²) < 4.78 is 48.4. The number of rotatable bonds is 6. The van der Waals surface area contributed by atoms with Crippen molar-refractivity contribution in [2.24, 2.45) is 5.92 Å². The first kappa shape index (κ1) is 21.7. The average molecular weight is 445 g/mol. The van der Waals surface area contributed by atoms with Crippen LogP contribution in [-0.4, -0.2) is 35.8 Å². The Hall–Kier alpha value is -3.01. The summed E-state index contributed by atoms with van der Waals surface area (Å²) in [4.78, 5) is 37.6. The number of anilines is 1. The van der Waals surface area contributed by atoms with Gasteiger partial charge in [0, 0.05) is 13.0 Å². The molecule has 11 heteroatoms. The summed E-state index contributed by atoms with van der Waals surface area (Å²) in [5.41, 5.74) is -1.24. The van der Waals surface area contributed by atoms with Gasteiger partial charge in [-0.1, -0.05) is 11.6 Å². The molecule has 2 aromatic rings. The highest BCUT2D eigenvalue weighted by Crippen LogP contribution is 2.33. The van der Waals surface area contributed by atoms with Gasteiger partial charge in [0.25, 0.3) is 5.91 Å². The molecule has 2 amide bonds. The maximum atomic E-state index is 12.8. The van der Waals surface area contributed by atoms with Crippen molar-refractivity contribution in [1.29, 1.82) is 0 Å². The minimum Gasteiger partial charge on any atom is -0.467 e. The van der Waals surface area contributed by atoms with Crippen molar-refractivity contribution in [3.63, 3.8) is 0 Å². The Kier molecular flexibility index (Phi) is 6.35. The number of nitrogens with zero attached hydrogens (tertiary/aromatic N) is 1. The lowest BCUT2D eigenvalue weighted by Gasteiger charge is -2.15. The van der Waals surface area contributed by atoms with E-state index in [-0.39, 0.29) is 36.1 Å². The number of carbonyl (C=O) groups excluding carboxylic acids is 3. The molecule has 0 spiro atoms. The van der Waals surface area contributed by atoms with Gasteiger partial charge >= 0.3 is 12.1 Å². The minimum absolute atomic E-state index is 0.0688. The predicted molar refractivity (Wildman–Crippen MR) is 98.3 cm³/mol. The molecular formula is C19H16ClF3N2O5. The first-order chi connectivity index (χ1) is 14.1. The molecule has 1 N–H and O–H groups in total. The standard InChI is InChI=1S/C19H16ClF3N2O5/c20-14-4-3-12(19(21,22)23)7-15(14)24-16(26)10-30-18(28)11-6-17(27)25(8-11)9-13-2-1-5-29-13/h1-5,7,11H,6,8-10H2,(H,24,26). The fraction of sp³-hybridized carbons (Fsp3) is 0.316. The topological polar surface area (TPSA) is 88.9 Å². The second kappa shape index (κ2) is 8.78. The largest absolute Gasteiger partial charge is 0.467 e. The Morgan fingerprint density at radius 1 is 1.30 bits per heavy atom. The summed E-state index contributed by atoms with van der Waals surface area (Å²) in [5.74, 6) is -2.06. The van der Waals surface area contributed by atoms with Crippen molar-refractivity contribution < 1.29 is 36.7 Å². The highest BCUT2D eigenvalue weighted by Gasteiger charge is 2.36. The van der Waals surface area contributed by atoms with Crippen LogP contribution in [0.2, 0.25) is 5.02 Å². The van der Waals surface area contributed by atoms with Gasteiger partial charge in [-0.05, 0) is 30.3 Å². The van der Waals surface area contributed by atoms with Crippen molar-refractivity contribution in [3.05, 3.63) is 52.9 Å². The van der Waals surface area contributed by atoms with Crippen LogP contribution in [0.5, 0.6) is 0 Å². The van der Waals surface area contributed by atoms with Gasteiger partial charge in [-0.3, -0.25) is 14.4 Å². The Morgan fingerprint density at radius 3 is 2.73 bits per heavy atom. The molecule has 1 fully saturated rings. The van der Waals surface area contributed by atoms with Crippen molar-refractivity contribution in [2.45, 2.75) is 19.1 Å². The van der Waals surface area contributed by atoms with Gasteiger partial charge < -0.3 is 19.4 Å². The molecule has 160 valence electrons. The highest BCUT2D eigenvalue weighted by molar-refractivity contribution is 6.33. The number of hydrogen-bond acceptors (Lipinski definition) is 5. The zero-order valence-electron chi connectivity index (χ0n) is 15.4. The number of likely N-dealkylation sites (tertiary alicyclic amines) is 1. The Labute approximate surface area is 173 Å². The zero-order chi connectivity index (χ0) is 21.9. The third kappa shape index (κ3) is 5.32. The lowest BCUT2D eigenvalue weighted by atomic mass is 10.1. The molecule has 30 heavy (non-hydrogen) atoms. The number of ether oxygens (including phenoxy) is 1. The Bertz CT molecular complexity index is 946. The van der Waals surface area contributed by atoms with Crippen molar-refractivity contribution in [3.8, 4) is 0 Å². The van der Waals surface area contributed by atoms with E-state index >= 15 is 0 Å². The SMILES string of the molecule is O=C(COC(=O)C1CC(=O)N(Cc2ccco2)C1)Nc1cc(C(F)(F)F)ccc1Cl. The molecule has 1 aromatic heterocycles. The molecule has 1 unspecified atom stereocenters.